The molecule has 1 unspecified atom stereocenters. The van der Waals surface area contributed by atoms with Crippen molar-refractivity contribution in [3.8, 4) is 0 Å². The van der Waals surface area contributed by atoms with Crippen molar-refractivity contribution in [2.24, 2.45) is 5.92 Å². The van der Waals surface area contributed by atoms with E-state index in [4.69, 9.17) is 5.11 Å². The third-order valence-corrected chi connectivity index (χ3v) is 2.85. The number of aliphatic hydroxyl groups is 1. The fourth-order valence-corrected chi connectivity index (χ4v) is 1.65. The summed E-state index contributed by atoms with van der Waals surface area (Å²) in [5.41, 5.74) is 3.06. The molecule has 0 radical (unpaired) electrons. The zero-order valence-electron chi connectivity index (χ0n) is 9.40. The average Bonchev–Trinajstić information content (AvgIpc) is 2.77. The van der Waals surface area contributed by atoms with Crippen LogP contribution < -0.4 is 5.32 Å². The molecule has 2 rings (SSSR count). The SMILES string of the molecule is CCC(CO)CNc1ccc2nc[nH]c2c1. The van der Waals surface area contributed by atoms with E-state index < -0.39 is 0 Å². The van der Waals surface area contributed by atoms with Crippen LogP contribution in [-0.2, 0) is 0 Å². The number of aromatic nitrogens is 2. The first kappa shape index (κ1) is 11.0. The van der Waals surface area contributed by atoms with Gasteiger partial charge in [0.15, 0.2) is 0 Å². The van der Waals surface area contributed by atoms with Crippen molar-refractivity contribution in [1.29, 1.82) is 0 Å². The number of hydrogen-bond acceptors (Lipinski definition) is 3. The highest BCUT2D eigenvalue weighted by Gasteiger charge is 2.04. The number of anilines is 1. The van der Waals surface area contributed by atoms with Gasteiger partial charge in [0.05, 0.1) is 17.4 Å². The maximum atomic E-state index is 9.09. The molecule has 0 saturated heterocycles. The molecule has 0 amide bonds. The summed E-state index contributed by atoms with van der Waals surface area (Å²) in [5, 5.41) is 12.4. The highest BCUT2D eigenvalue weighted by atomic mass is 16.3. The van der Waals surface area contributed by atoms with E-state index in [-0.39, 0.29) is 6.61 Å². The van der Waals surface area contributed by atoms with Gasteiger partial charge in [0.25, 0.3) is 0 Å². The number of nitrogens with one attached hydrogen (secondary N) is 2. The van der Waals surface area contributed by atoms with Gasteiger partial charge < -0.3 is 15.4 Å². The molecule has 16 heavy (non-hydrogen) atoms. The summed E-state index contributed by atoms with van der Waals surface area (Å²) in [6, 6.07) is 6.02. The summed E-state index contributed by atoms with van der Waals surface area (Å²) in [6.07, 6.45) is 2.67. The molecule has 0 spiro atoms. The van der Waals surface area contributed by atoms with Crippen LogP contribution in [0, 0.1) is 5.92 Å². The molecule has 1 atom stereocenters. The second-order valence-electron chi connectivity index (χ2n) is 3.97. The van der Waals surface area contributed by atoms with Gasteiger partial charge in [-0.3, -0.25) is 0 Å². The van der Waals surface area contributed by atoms with Crippen LogP contribution in [0.5, 0.6) is 0 Å². The monoisotopic (exact) mass is 219 g/mol. The van der Waals surface area contributed by atoms with Crippen LogP contribution >= 0.6 is 0 Å². The predicted molar refractivity (Wildman–Crippen MR) is 65.5 cm³/mol. The Balaban J connectivity index is 2.03. The van der Waals surface area contributed by atoms with Crippen molar-refractivity contribution in [2.45, 2.75) is 13.3 Å². The Morgan fingerprint density at radius 2 is 2.38 bits per heavy atom. The molecule has 3 N–H and O–H groups in total. The van der Waals surface area contributed by atoms with Crippen LogP contribution in [0.2, 0.25) is 0 Å². The Morgan fingerprint density at radius 1 is 1.50 bits per heavy atom. The fraction of sp³-hybridized carbons (Fsp3) is 0.417. The van der Waals surface area contributed by atoms with Crippen LogP contribution in [0.25, 0.3) is 11.0 Å². The number of aromatic amines is 1. The Morgan fingerprint density at radius 3 is 3.12 bits per heavy atom. The predicted octanol–water partition coefficient (Wildman–Crippen LogP) is 1.99. The van der Waals surface area contributed by atoms with E-state index in [1.165, 1.54) is 0 Å². The summed E-state index contributed by atoms with van der Waals surface area (Å²) < 4.78 is 0. The van der Waals surface area contributed by atoms with Crippen molar-refractivity contribution in [3.63, 3.8) is 0 Å². The Hall–Kier alpha value is -1.55. The molecule has 4 heteroatoms. The summed E-state index contributed by atoms with van der Waals surface area (Å²) in [6.45, 7) is 3.11. The minimum absolute atomic E-state index is 0.232. The summed E-state index contributed by atoms with van der Waals surface area (Å²) >= 11 is 0. The molecular weight excluding hydrogens is 202 g/mol. The first-order valence-electron chi connectivity index (χ1n) is 5.61. The standard InChI is InChI=1S/C12H17N3O/c1-2-9(7-16)6-13-10-3-4-11-12(5-10)15-8-14-11/h3-5,8-9,13,16H,2,6-7H2,1H3,(H,14,15). The number of benzene rings is 1. The van der Waals surface area contributed by atoms with Gasteiger partial charge in [0.2, 0.25) is 0 Å². The highest BCUT2D eigenvalue weighted by Crippen LogP contribution is 2.16. The van der Waals surface area contributed by atoms with Crippen LogP contribution in [0.1, 0.15) is 13.3 Å². The lowest BCUT2D eigenvalue weighted by Gasteiger charge is -2.13. The van der Waals surface area contributed by atoms with Gasteiger partial charge in [0, 0.05) is 18.8 Å². The Kier molecular flexibility index (Phi) is 3.41. The first-order valence-corrected chi connectivity index (χ1v) is 5.61. The highest BCUT2D eigenvalue weighted by molar-refractivity contribution is 5.78. The normalized spacial score (nSPS) is 12.9. The number of fused-ring (bicyclic) bond motifs is 1. The average molecular weight is 219 g/mol. The first-order chi connectivity index (χ1) is 7.83. The molecule has 1 heterocycles. The van der Waals surface area contributed by atoms with Gasteiger partial charge in [0.1, 0.15) is 0 Å². The molecule has 0 bridgehead atoms. The third kappa shape index (κ3) is 2.33. The second-order valence-corrected chi connectivity index (χ2v) is 3.97. The van der Waals surface area contributed by atoms with Crippen LogP contribution in [0.3, 0.4) is 0 Å². The minimum Gasteiger partial charge on any atom is -0.396 e. The topological polar surface area (TPSA) is 60.9 Å². The van der Waals surface area contributed by atoms with E-state index in [1.54, 1.807) is 6.33 Å². The number of aliphatic hydroxyl groups excluding tert-OH is 1. The lowest BCUT2D eigenvalue weighted by atomic mass is 10.1. The van der Waals surface area contributed by atoms with E-state index in [1.807, 2.05) is 18.2 Å². The number of rotatable bonds is 5. The Labute approximate surface area is 94.7 Å². The Bertz CT molecular complexity index is 448. The third-order valence-electron chi connectivity index (χ3n) is 2.85. The van der Waals surface area contributed by atoms with E-state index in [0.717, 1.165) is 29.7 Å². The number of H-pyrrole nitrogens is 1. The summed E-state index contributed by atoms with van der Waals surface area (Å²) in [4.78, 5) is 7.24. The minimum atomic E-state index is 0.232. The molecule has 0 saturated carbocycles. The van der Waals surface area contributed by atoms with Gasteiger partial charge in [-0.25, -0.2) is 4.98 Å². The molecule has 86 valence electrons. The van der Waals surface area contributed by atoms with Crippen molar-refractivity contribution in [1.82, 2.24) is 9.97 Å². The number of nitrogens with zero attached hydrogens (tertiary/aromatic N) is 1. The molecule has 0 aliphatic heterocycles. The molecule has 0 fully saturated rings. The van der Waals surface area contributed by atoms with E-state index in [2.05, 4.69) is 22.2 Å². The van der Waals surface area contributed by atoms with Crippen molar-refractivity contribution >= 4 is 16.7 Å². The van der Waals surface area contributed by atoms with Crippen LogP contribution in [0.4, 0.5) is 5.69 Å². The van der Waals surface area contributed by atoms with E-state index >= 15 is 0 Å². The molecule has 2 aromatic rings. The van der Waals surface area contributed by atoms with Gasteiger partial charge in [-0.2, -0.15) is 0 Å². The maximum absolute atomic E-state index is 9.09. The smallest absolute Gasteiger partial charge is 0.0931 e. The van der Waals surface area contributed by atoms with E-state index in [0.29, 0.717) is 5.92 Å². The molecule has 0 aliphatic carbocycles. The molecule has 1 aromatic carbocycles. The zero-order chi connectivity index (χ0) is 11.4. The lowest BCUT2D eigenvalue weighted by Crippen LogP contribution is -2.16. The largest absolute Gasteiger partial charge is 0.396 e. The van der Waals surface area contributed by atoms with Crippen molar-refractivity contribution in [2.75, 3.05) is 18.5 Å². The van der Waals surface area contributed by atoms with Gasteiger partial charge in [-0.05, 0) is 30.5 Å². The number of hydrogen-bond donors (Lipinski definition) is 3. The molecule has 0 aliphatic rings. The second kappa shape index (κ2) is 4.99. The van der Waals surface area contributed by atoms with E-state index in [9.17, 15) is 0 Å². The van der Waals surface area contributed by atoms with Gasteiger partial charge >= 0.3 is 0 Å². The van der Waals surface area contributed by atoms with Crippen molar-refractivity contribution < 1.29 is 5.11 Å². The summed E-state index contributed by atoms with van der Waals surface area (Å²) in [7, 11) is 0. The maximum Gasteiger partial charge on any atom is 0.0931 e. The quantitative estimate of drug-likeness (QED) is 0.720. The molecular formula is C12H17N3O. The van der Waals surface area contributed by atoms with Crippen molar-refractivity contribution in [3.05, 3.63) is 24.5 Å². The van der Waals surface area contributed by atoms with Gasteiger partial charge in [-0.15, -0.1) is 0 Å². The molecule has 1 aromatic heterocycles. The van der Waals surface area contributed by atoms with Crippen LogP contribution in [-0.4, -0.2) is 28.2 Å². The zero-order valence-corrected chi connectivity index (χ0v) is 9.40. The summed E-state index contributed by atoms with van der Waals surface area (Å²) in [5.74, 6) is 0.317. The van der Waals surface area contributed by atoms with Gasteiger partial charge in [-0.1, -0.05) is 6.92 Å². The lowest BCUT2D eigenvalue weighted by molar-refractivity contribution is 0.230. The van der Waals surface area contributed by atoms with Crippen LogP contribution in [0.15, 0.2) is 24.5 Å². The fourth-order valence-electron chi connectivity index (χ4n) is 1.65. The molecule has 4 nitrogen and oxygen atoms in total. The number of imidazole rings is 1.